The number of carboxylic acid groups (broad SMARTS) is 1. The Labute approximate surface area is 103 Å². The van der Waals surface area contributed by atoms with Gasteiger partial charge in [0.2, 0.25) is 0 Å². The summed E-state index contributed by atoms with van der Waals surface area (Å²) in [5, 5.41) is 9.58. The van der Waals surface area contributed by atoms with E-state index in [9.17, 15) is 14.7 Å². The first-order chi connectivity index (χ1) is 8.07. The minimum absolute atomic E-state index is 0.00431. The fourth-order valence-corrected chi connectivity index (χ4v) is 3.77. The van der Waals surface area contributed by atoms with Crippen LogP contribution in [0.15, 0.2) is 0 Å². The van der Waals surface area contributed by atoms with E-state index in [-0.39, 0.29) is 11.7 Å². The van der Waals surface area contributed by atoms with E-state index in [1.165, 1.54) is 6.42 Å². The highest BCUT2D eigenvalue weighted by molar-refractivity contribution is 6.03. The highest BCUT2D eigenvalue weighted by Gasteiger charge is 2.52. The molecule has 3 atom stereocenters. The van der Waals surface area contributed by atoms with Gasteiger partial charge in [0.05, 0.1) is 0 Å². The molecule has 2 aliphatic rings. The van der Waals surface area contributed by atoms with Gasteiger partial charge in [0.25, 0.3) is 0 Å². The van der Waals surface area contributed by atoms with E-state index in [1.807, 2.05) is 0 Å². The Morgan fingerprint density at radius 3 is 2.65 bits per heavy atom. The zero-order valence-corrected chi connectivity index (χ0v) is 10.6. The maximum absolute atomic E-state index is 12.2. The predicted octanol–water partition coefficient (Wildman–Crippen LogP) is 3.03. The molecule has 0 aromatic carbocycles. The van der Waals surface area contributed by atoms with Crippen molar-refractivity contribution in [2.75, 3.05) is 0 Å². The molecule has 2 aliphatic carbocycles. The summed E-state index contributed by atoms with van der Waals surface area (Å²) in [5.41, 5.74) is -1.03. The average Bonchev–Trinajstić information content (AvgIpc) is 2.29. The summed E-state index contributed by atoms with van der Waals surface area (Å²) in [7, 11) is 0. The molecule has 96 valence electrons. The molecule has 0 aromatic heterocycles. The van der Waals surface area contributed by atoms with Gasteiger partial charge in [-0.2, -0.15) is 0 Å². The van der Waals surface area contributed by atoms with Crippen molar-refractivity contribution < 1.29 is 14.7 Å². The number of carbonyl (C=O) groups is 2. The molecular formula is C14H22O3. The van der Waals surface area contributed by atoms with Crippen LogP contribution in [0.3, 0.4) is 0 Å². The molecule has 2 fully saturated rings. The van der Waals surface area contributed by atoms with E-state index in [1.54, 1.807) is 0 Å². The van der Waals surface area contributed by atoms with Gasteiger partial charge < -0.3 is 5.11 Å². The molecule has 3 heteroatoms. The first-order valence-corrected chi connectivity index (χ1v) is 6.84. The second-order valence-corrected chi connectivity index (χ2v) is 5.88. The van der Waals surface area contributed by atoms with Gasteiger partial charge in [-0.3, -0.25) is 9.59 Å². The Hall–Kier alpha value is -0.860. The summed E-state index contributed by atoms with van der Waals surface area (Å²) in [6, 6.07) is 0. The van der Waals surface area contributed by atoms with Crippen LogP contribution in [-0.4, -0.2) is 16.9 Å². The van der Waals surface area contributed by atoms with Crippen molar-refractivity contribution in [2.24, 2.45) is 17.3 Å². The van der Waals surface area contributed by atoms with Gasteiger partial charge in [0, 0.05) is 6.42 Å². The number of Topliss-reactive ketones (excluding diaryl/α,β-unsaturated/α-hetero) is 1. The summed E-state index contributed by atoms with van der Waals surface area (Å²) in [6.45, 7) is 2.18. The van der Waals surface area contributed by atoms with Gasteiger partial charge in [-0.05, 0) is 37.5 Å². The quantitative estimate of drug-likeness (QED) is 0.752. The van der Waals surface area contributed by atoms with Crippen molar-refractivity contribution in [3.8, 4) is 0 Å². The number of aliphatic carboxylic acids is 1. The highest BCUT2D eigenvalue weighted by atomic mass is 16.4. The van der Waals surface area contributed by atoms with Crippen molar-refractivity contribution in [1.82, 2.24) is 0 Å². The largest absolute Gasteiger partial charge is 0.480 e. The van der Waals surface area contributed by atoms with Crippen LogP contribution in [-0.2, 0) is 9.59 Å². The summed E-state index contributed by atoms with van der Waals surface area (Å²) in [5.74, 6) is -0.215. The number of rotatable bonds is 2. The average molecular weight is 238 g/mol. The standard InChI is InChI=1S/C14H22O3/c1-10-5-4-6-11(9-10)14(13(16)17)8-3-2-7-12(14)15/h10-11H,2-9H2,1H3,(H,16,17). The van der Waals surface area contributed by atoms with Crippen LogP contribution in [0.4, 0.5) is 0 Å². The molecule has 0 aliphatic heterocycles. The van der Waals surface area contributed by atoms with Crippen molar-refractivity contribution in [3.05, 3.63) is 0 Å². The smallest absolute Gasteiger partial charge is 0.317 e. The molecule has 0 spiro atoms. The van der Waals surface area contributed by atoms with Crippen molar-refractivity contribution >= 4 is 11.8 Å². The fourth-order valence-electron chi connectivity index (χ4n) is 3.77. The molecule has 0 amide bonds. The van der Waals surface area contributed by atoms with E-state index in [2.05, 4.69) is 6.92 Å². The minimum atomic E-state index is -1.03. The number of hydrogen-bond donors (Lipinski definition) is 1. The Morgan fingerprint density at radius 2 is 2.06 bits per heavy atom. The van der Waals surface area contributed by atoms with Crippen LogP contribution >= 0.6 is 0 Å². The van der Waals surface area contributed by atoms with Gasteiger partial charge in [-0.25, -0.2) is 0 Å². The Bertz CT molecular complexity index is 323. The Balaban J connectivity index is 2.26. The zero-order chi connectivity index (χ0) is 12.5. The summed E-state index contributed by atoms with van der Waals surface area (Å²) >= 11 is 0. The van der Waals surface area contributed by atoms with E-state index in [4.69, 9.17) is 0 Å². The van der Waals surface area contributed by atoms with Gasteiger partial charge in [-0.1, -0.05) is 26.2 Å². The monoisotopic (exact) mass is 238 g/mol. The third kappa shape index (κ3) is 2.12. The molecule has 0 bridgehead atoms. The van der Waals surface area contributed by atoms with Crippen LogP contribution in [0.1, 0.15) is 58.3 Å². The minimum Gasteiger partial charge on any atom is -0.480 e. The molecule has 0 radical (unpaired) electrons. The van der Waals surface area contributed by atoms with Crippen LogP contribution in [0, 0.1) is 17.3 Å². The summed E-state index contributed by atoms with van der Waals surface area (Å²) < 4.78 is 0. The van der Waals surface area contributed by atoms with Crippen molar-refractivity contribution in [2.45, 2.75) is 58.3 Å². The lowest BCUT2D eigenvalue weighted by Crippen LogP contribution is -2.48. The molecule has 0 heterocycles. The molecular weight excluding hydrogens is 216 g/mol. The molecule has 2 rings (SSSR count). The normalized spacial score (nSPS) is 39.0. The zero-order valence-electron chi connectivity index (χ0n) is 10.6. The van der Waals surface area contributed by atoms with Gasteiger partial charge in [0.15, 0.2) is 0 Å². The molecule has 0 aromatic rings. The number of carbonyl (C=O) groups excluding carboxylic acids is 1. The Kier molecular flexibility index (Phi) is 3.55. The van der Waals surface area contributed by atoms with Crippen LogP contribution in [0.5, 0.6) is 0 Å². The van der Waals surface area contributed by atoms with Gasteiger partial charge in [0.1, 0.15) is 11.2 Å². The van der Waals surface area contributed by atoms with Gasteiger partial charge in [-0.15, -0.1) is 0 Å². The topological polar surface area (TPSA) is 54.4 Å². The lowest BCUT2D eigenvalue weighted by Gasteiger charge is -2.42. The molecule has 1 N–H and O–H groups in total. The van der Waals surface area contributed by atoms with E-state index in [0.717, 1.165) is 32.1 Å². The van der Waals surface area contributed by atoms with Crippen LogP contribution in [0.2, 0.25) is 0 Å². The SMILES string of the molecule is CC1CCCC(C2(C(=O)O)CCCCC2=O)C1. The summed E-state index contributed by atoms with van der Waals surface area (Å²) in [4.78, 5) is 23.9. The van der Waals surface area contributed by atoms with Gasteiger partial charge >= 0.3 is 5.97 Å². The highest BCUT2D eigenvalue weighted by Crippen LogP contribution is 2.47. The van der Waals surface area contributed by atoms with E-state index >= 15 is 0 Å². The lowest BCUT2D eigenvalue weighted by molar-refractivity contribution is -0.163. The van der Waals surface area contributed by atoms with Crippen LogP contribution < -0.4 is 0 Å². The van der Waals surface area contributed by atoms with E-state index in [0.29, 0.717) is 18.8 Å². The molecule has 0 saturated heterocycles. The fraction of sp³-hybridized carbons (Fsp3) is 0.857. The maximum atomic E-state index is 12.2. The number of carboxylic acids is 1. The van der Waals surface area contributed by atoms with E-state index < -0.39 is 11.4 Å². The second kappa shape index (κ2) is 4.79. The van der Waals surface area contributed by atoms with Crippen LogP contribution in [0.25, 0.3) is 0 Å². The number of hydrogen-bond acceptors (Lipinski definition) is 2. The summed E-state index contributed by atoms with van der Waals surface area (Å²) in [6.07, 6.45) is 6.89. The second-order valence-electron chi connectivity index (χ2n) is 5.88. The third-order valence-electron chi connectivity index (χ3n) is 4.74. The number of ketones is 1. The first kappa shape index (κ1) is 12.6. The molecule has 17 heavy (non-hydrogen) atoms. The van der Waals surface area contributed by atoms with Crippen molar-refractivity contribution in [3.63, 3.8) is 0 Å². The molecule has 2 saturated carbocycles. The Morgan fingerprint density at radius 1 is 1.29 bits per heavy atom. The molecule has 3 nitrogen and oxygen atoms in total. The predicted molar refractivity (Wildman–Crippen MR) is 64.7 cm³/mol. The van der Waals surface area contributed by atoms with Crippen molar-refractivity contribution in [1.29, 1.82) is 0 Å². The molecule has 3 unspecified atom stereocenters. The maximum Gasteiger partial charge on any atom is 0.317 e. The third-order valence-corrected chi connectivity index (χ3v) is 4.74. The first-order valence-electron chi connectivity index (χ1n) is 6.84. The lowest BCUT2D eigenvalue weighted by atomic mass is 9.60.